The van der Waals surface area contributed by atoms with E-state index >= 15 is 0 Å². The second-order valence-corrected chi connectivity index (χ2v) is 7.01. The van der Waals surface area contributed by atoms with Crippen LogP contribution in [-0.2, 0) is 15.7 Å². The maximum atomic E-state index is 13.3. The summed E-state index contributed by atoms with van der Waals surface area (Å²) in [6.45, 7) is 1.82. The fourth-order valence-electron chi connectivity index (χ4n) is 3.82. The smallest absolute Gasteiger partial charge is 0.417 e. The molecule has 0 bridgehead atoms. The van der Waals surface area contributed by atoms with Crippen LogP contribution in [0.1, 0.15) is 48.5 Å². The minimum absolute atomic E-state index is 0.219. The number of hydrogen-bond donors (Lipinski definition) is 1. The molecule has 1 saturated heterocycles. The van der Waals surface area contributed by atoms with Crippen molar-refractivity contribution in [2.45, 2.75) is 50.6 Å². The summed E-state index contributed by atoms with van der Waals surface area (Å²) >= 11 is 0. The molecule has 1 N–H and O–H groups in total. The van der Waals surface area contributed by atoms with E-state index in [9.17, 15) is 27.9 Å². The zero-order valence-corrected chi connectivity index (χ0v) is 14.3. The van der Waals surface area contributed by atoms with Crippen molar-refractivity contribution in [2.75, 3.05) is 6.61 Å². The minimum Gasteiger partial charge on any atom is -0.480 e. The molecule has 1 aromatic carbocycles. The number of nitrogens with zero attached hydrogens (tertiary/aromatic N) is 1. The standard InChI is InChI=1S/C18H20F3NO4/c1-11-6-8-17(9-7-11)22(14(10-26-17)16(24)25)15(23)12-4-2-3-5-13(12)18(19,20)21/h2-5,11,14H,6-10H2,1H3,(H,24,25)/t11?,14-,17?/m0/s1. The normalized spacial score (nSPS) is 29.2. The van der Waals surface area contributed by atoms with E-state index < -0.39 is 40.9 Å². The highest BCUT2D eigenvalue weighted by molar-refractivity contribution is 5.98. The Bertz CT molecular complexity index is 711. The van der Waals surface area contributed by atoms with Crippen molar-refractivity contribution in [3.8, 4) is 0 Å². The SMILES string of the molecule is CC1CCC2(CC1)OC[C@@H](C(=O)O)N2C(=O)c1ccccc1C(F)(F)F. The Hall–Kier alpha value is -2.09. The number of amides is 1. The molecule has 5 nitrogen and oxygen atoms in total. The number of ether oxygens (including phenoxy) is 1. The first-order valence-electron chi connectivity index (χ1n) is 8.52. The van der Waals surface area contributed by atoms with Crippen LogP contribution in [0.3, 0.4) is 0 Å². The largest absolute Gasteiger partial charge is 0.480 e. The zero-order valence-electron chi connectivity index (χ0n) is 14.3. The second kappa shape index (κ2) is 6.57. The lowest BCUT2D eigenvalue weighted by Crippen LogP contribution is -2.55. The van der Waals surface area contributed by atoms with Gasteiger partial charge < -0.3 is 9.84 Å². The number of carboxylic acid groups (broad SMARTS) is 1. The molecule has 1 atom stereocenters. The number of benzene rings is 1. The van der Waals surface area contributed by atoms with Crippen LogP contribution < -0.4 is 0 Å². The number of carboxylic acids is 1. The van der Waals surface area contributed by atoms with Crippen molar-refractivity contribution in [2.24, 2.45) is 5.92 Å². The monoisotopic (exact) mass is 371 g/mol. The Morgan fingerprint density at radius 2 is 1.85 bits per heavy atom. The van der Waals surface area contributed by atoms with Gasteiger partial charge in [-0.3, -0.25) is 9.69 Å². The highest BCUT2D eigenvalue weighted by atomic mass is 19.4. The molecule has 2 aliphatic rings. The van der Waals surface area contributed by atoms with Gasteiger partial charge in [0.15, 0.2) is 6.04 Å². The summed E-state index contributed by atoms with van der Waals surface area (Å²) in [5.74, 6) is -1.83. The van der Waals surface area contributed by atoms with E-state index in [0.29, 0.717) is 18.8 Å². The molecule has 26 heavy (non-hydrogen) atoms. The summed E-state index contributed by atoms with van der Waals surface area (Å²) in [7, 11) is 0. The lowest BCUT2D eigenvalue weighted by Gasteiger charge is -2.42. The third-order valence-corrected chi connectivity index (χ3v) is 5.28. The topological polar surface area (TPSA) is 66.8 Å². The Kier molecular flexibility index (Phi) is 4.72. The van der Waals surface area contributed by atoms with Crippen LogP contribution in [0.2, 0.25) is 0 Å². The van der Waals surface area contributed by atoms with Gasteiger partial charge in [0.2, 0.25) is 0 Å². The van der Waals surface area contributed by atoms with Crippen LogP contribution in [0.5, 0.6) is 0 Å². The first-order chi connectivity index (χ1) is 12.2. The number of aliphatic carboxylic acids is 1. The number of alkyl halides is 3. The molecule has 2 fully saturated rings. The van der Waals surface area contributed by atoms with E-state index in [-0.39, 0.29) is 6.61 Å². The first-order valence-corrected chi connectivity index (χ1v) is 8.52. The van der Waals surface area contributed by atoms with Crippen molar-refractivity contribution in [3.05, 3.63) is 35.4 Å². The van der Waals surface area contributed by atoms with Gasteiger partial charge in [-0.15, -0.1) is 0 Å². The van der Waals surface area contributed by atoms with Gasteiger partial charge in [0.1, 0.15) is 5.72 Å². The summed E-state index contributed by atoms with van der Waals surface area (Å²) in [6, 6.07) is 3.16. The molecule has 0 unspecified atom stereocenters. The maximum Gasteiger partial charge on any atom is 0.417 e. The van der Waals surface area contributed by atoms with Crippen LogP contribution >= 0.6 is 0 Å². The zero-order chi connectivity index (χ0) is 19.1. The van der Waals surface area contributed by atoms with Gasteiger partial charge in [0, 0.05) is 0 Å². The van der Waals surface area contributed by atoms with Crippen molar-refractivity contribution in [1.29, 1.82) is 0 Å². The Labute approximate surface area is 148 Å². The molecule has 1 amide bonds. The van der Waals surface area contributed by atoms with E-state index in [0.717, 1.165) is 29.9 Å². The van der Waals surface area contributed by atoms with Crippen LogP contribution in [0, 0.1) is 5.92 Å². The predicted molar refractivity (Wildman–Crippen MR) is 85.4 cm³/mol. The Morgan fingerprint density at radius 3 is 2.42 bits per heavy atom. The molecule has 1 aromatic rings. The lowest BCUT2D eigenvalue weighted by molar-refractivity contribution is -0.143. The average Bonchev–Trinajstić information content (AvgIpc) is 2.95. The summed E-state index contributed by atoms with van der Waals surface area (Å²) < 4.78 is 45.7. The molecule has 142 valence electrons. The summed E-state index contributed by atoms with van der Waals surface area (Å²) in [5, 5.41) is 9.48. The molecule has 1 saturated carbocycles. The van der Waals surface area contributed by atoms with Crippen molar-refractivity contribution in [1.82, 2.24) is 4.90 Å². The van der Waals surface area contributed by atoms with Gasteiger partial charge in [-0.2, -0.15) is 13.2 Å². The van der Waals surface area contributed by atoms with E-state index in [2.05, 4.69) is 0 Å². The number of halogens is 3. The van der Waals surface area contributed by atoms with Crippen LogP contribution in [0.4, 0.5) is 13.2 Å². The van der Waals surface area contributed by atoms with Gasteiger partial charge in [-0.05, 0) is 43.7 Å². The highest BCUT2D eigenvalue weighted by Gasteiger charge is 2.54. The minimum atomic E-state index is -4.71. The van der Waals surface area contributed by atoms with E-state index in [1.807, 2.05) is 6.92 Å². The van der Waals surface area contributed by atoms with E-state index in [1.54, 1.807) is 0 Å². The maximum absolute atomic E-state index is 13.3. The molecule has 1 aliphatic carbocycles. The van der Waals surface area contributed by atoms with Crippen molar-refractivity contribution < 1.29 is 32.6 Å². The van der Waals surface area contributed by atoms with Gasteiger partial charge in [0.25, 0.3) is 5.91 Å². The van der Waals surface area contributed by atoms with Gasteiger partial charge in [-0.25, -0.2) is 4.79 Å². The van der Waals surface area contributed by atoms with Crippen LogP contribution in [0.25, 0.3) is 0 Å². The average molecular weight is 371 g/mol. The quantitative estimate of drug-likeness (QED) is 0.864. The molecule has 1 spiro atoms. The molecular formula is C18H20F3NO4. The van der Waals surface area contributed by atoms with Gasteiger partial charge in [-0.1, -0.05) is 19.1 Å². The fourth-order valence-corrected chi connectivity index (χ4v) is 3.82. The summed E-state index contributed by atoms with van der Waals surface area (Å²) in [6.07, 6.45) is -2.44. The van der Waals surface area contributed by atoms with Crippen LogP contribution in [0.15, 0.2) is 24.3 Å². The fraction of sp³-hybridized carbons (Fsp3) is 0.556. The number of rotatable bonds is 2. The molecule has 0 aromatic heterocycles. The van der Waals surface area contributed by atoms with Crippen LogP contribution in [-0.4, -0.2) is 40.3 Å². The number of carbonyl (C=O) groups is 2. The highest BCUT2D eigenvalue weighted by Crippen LogP contribution is 2.44. The lowest BCUT2D eigenvalue weighted by atomic mass is 9.83. The summed E-state index contributed by atoms with van der Waals surface area (Å²) in [5.41, 5.74) is -2.76. The second-order valence-electron chi connectivity index (χ2n) is 7.01. The first kappa shape index (κ1) is 18.7. The molecular weight excluding hydrogens is 351 g/mol. The summed E-state index contributed by atoms with van der Waals surface area (Å²) in [4.78, 5) is 25.7. The Balaban J connectivity index is 2.03. The molecule has 0 radical (unpaired) electrons. The van der Waals surface area contributed by atoms with Crippen molar-refractivity contribution in [3.63, 3.8) is 0 Å². The van der Waals surface area contributed by atoms with Gasteiger partial charge >= 0.3 is 12.1 Å². The van der Waals surface area contributed by atoms with E-state index in [1.165, 1.54) is 12.1 Å². The van der Waals surface area contributed by atoms with E-state index in [4.69, 9.17) is 4.74 Å². The number of hydrogen-bond acceptors (Lipinski definition) is 3. The third-order valence-electron chi connectivity index (χ3n) is 5.28. The van der Waals surface area contributed by atoms with Crippen molar-refractivity contribution >= 4 is 11.9 Å². The third kappa shape index (κ3) is 3.18. The Morgan fingerprint density at radius 1 is 1.23 bits per heavy atom. The molecule has 3 rings (SSSR count). The molecule has 1 heterocycles. The molecule has 1 aliphatic heterocycles. The van der Waals surface area contributed by atoms with Gasteiger partial charge in [0.05, 0.1) is 17.7 Å². The molecule has 8 heteroatoms. The number of carbonyl (C=O) groups excluding carboxylic acids is 1. The predicted octanol–water partition coefficient (Wildman–Crippen LogP) is 3.54.